The number of benzene rings is 1. The largest absolute Gasteiger partial charge is 0.443 e. The Labute approximate surface area is 97.9 Å². The lowest BCUT2D eigenvalue weighted by Crippen LogP contribution is -1.93. The van der Waals surface area contributed by atoms with Gasteiger partial charge in [-0.15, -0.1) is 0 Å². The highest BCUT2D eigenvalue weighted by molar-refractivity contribution is 9.10. The van der Waals surface area contributed by atoms with Gasteiger partial charge in [-0.25, -0.2) is 13.8 Å². The summed E-state index contributed by atoms with van der Waals surface area (Å²) in [6.45, 7) is -0.444. The Balaban J connectivity index is 2.64. The fourth-order valence-corrected chi connectivity index (χ4v) is 1.75. The molecule has 0 radical (unpaired) electrons. The van der Waals surface area contributed by atoms with Gasteiger partial charge in [0, 0.05) is 4.47 Å². The molecule has 0 fully saturated rings. The molecule has 3 nitrogen and oxygen atoms in total. The van der Waals surface area contributed by atoms with Crippen LogP contribution in [0.2, 0.25) is 0 Å². The first-order valence-electron chi connectivity index (χ1n) is 4.31. The first kappa shape index (κ1) is 11.2. The number of rotatable bonds is 2. The van der Waals surface area contributed by atoms with E-state index in [1.165, 1.54) is 0 Å². The van der Waals surface area contributed by atoms with Gasteiger partial charge in [0.15, 0.2) is 12.2 Å². The normalized spacial score (nSPS) is 10.8. The van der Waals surface area contributed by atoms with Gasteiger partial charge >= 0.3 is 0 Å². The topological polar surface area (TPSA) is 46.3 Å². The zero-order valence-corrected chi connectivity index (χ0v) is 9.46. The van der Waals surface area contributed by atoms with Crippen LogP contribution < -0.4 is 0 Å². The maximum atomic E-state index is 13.6. The van der Waals surface area contributed by atoms with Crippen LogP contribution in [0.3, 0.4) is 0 Å². The molecule has 0 aliphatic rings. The summed E-state index contributed by atoms with van der Waals surface area (Å²) in [6.07, 6.45) is 1.03. The quantitative estimate of drug-likeness (QED) is 0.925. The first-order valence-corrected chi connectivity index (χ1v) is 5.11. The van der Waals surface area contributed by atoms with E-state index in [0.717, 1.165) is 18.5 Å². The third-order valence-corrected chi connectivity index (χ3v) is 2.48. The zero-order valence-electron chi connectivity index (χ0n) is 7.88. The molecule has 2 rings (SSSR count). The van der Waals surface area contributed by atoms with Crippen molar-refractivity contribution in [1.82, 2.24) is 4.98 Å². The molecular formula is C10H6BrF2NO2. The smallest absolute Gasteiger partial charge is 0.181 e. The molecule has 0 saturated carbocycles. The van der Waals surface area contributed by atoms with Crippen LogP contribution in [0.25, 0.3) is 11.3 Å². The van der Waals surface area contributed by atoms with Gasteiger partial charge in [-0.1, -0.05) is 15.9 Å². The number of oxazole rings is 1. The van der Waals surface area contributed by atoms with Crippen molar-refractivity contribution < 1.29 is 18.3 Å². The molecule has 84 valence electrons. The number of aliphatic hydroxyl groups excluding tert-OH is 1. The first-order chi connectivity index (χ1) is 7.63. The molecule has 0 bridgehead atoms. The second-order valence-corrected chi connectivity index (χ2v) is 3.95. The van der Waals surface area contributed by atoms with Crippen LogP contribution in [-0.2, 0) is 6.61 Å². The van der Waals surface area contributed by atoms with E-state index >= 15 is 0 Å². The van der Waals surface area contributed by atoms with Crippen LogP contribution in [0, 0.1) is 11.6 Å². The van der Waals surface area contributed by atoms with E-state index in [1.807, 2.05) is 0 Å². The summed E-state index contributed by atoms with van der Waals surface area (Å²) in [5.41, 5.74) is -0.232. The summed E-state index contributed by atoms with van der Waals surface area (Å²) in [5.74, 6) is -1.65. The van der Waals surface area contributed by atoms with Crippen molar-refractivity contribution in [2.75, 3.05) is 0 Å². The monoisotopic (exact) mass is 289 g/mol. The maximum absolute atomic E-state index is 13.6. The Morgan fingerprint density at radius 2 is 1.94 bits per heavy atom. The van der Waals surface area contributed by atoms with E-state index in [4.69, 9.17) is 9.52 Å². The molecule has 2 aromatic rings. The highest BCUT2D eigenvalue weighted by Crippen LogP contribution is 2.30. The van der Waals surface area contributed by atoms with Crippen molar-refractivity contribution in [3.05, 3.63) is 40.3 Å². The average molecular weight is 290 g/mol. The Morgan fingerprint density at radius 1 is 1.31 bits per heavy atom. The summed E-state index contributed by atoms with van der Waals surface area (Å²) in [4.78, 5) is 3.65. The van der Waals surface area contributed by atoms with E-state index < -0.39 is 18.2 Å². The van der Waals surface area contributed by atoms with Gasteiger partial charge in [-0.2, -0.15) is 0 Å². The van der Waals surface area contributed by atoms with Crippen molar-refractivity contribution in [2.24, 2.45) is 0 Å². The van der Waals surface area contributed by atoms with Gasteiger partial charge in [0.2, 0.25) is 0 Å². The second-order valence-electron chi connectivity index (χ2n) is 3.03. The number of hydrogen-bond donors (Lipinski definition) is 1. The lowest BCUT2D eigenvalue weighted by atomic mass is 10.1. The Kier molecular flexibility index (Phi) is 3.02. The van der Waals surface area contributed by atoms with Crippen LogP contribution in [0.1, 0.15) is 5.69 Å². The highest BCUT2D eigenvalue weighted by Gasteiger charge is 2.19. The van der Waals surface area contributed by atoms with Gasteiger partial charge in [-0.3, -0.25) is 0 Å². The predicted octanol–water partition coefficient (Wildman–Crippen LogP) is 2.87. The molecule has 0 saturated heterocycles. The predicted molar refractivity (Wildman–Crippen MR) is 55.5 cm³/mol. The number of aromatic nitrogens is 1. The SMILES string of the molecule is OCc1ncoc1-c1c(F)cc(Br)cc1F. The molecule has 16 heavy (non-hydrogen) atoms. The highest BCUT2D eigenvalue weighted by atomic mass is 79.9. The minimum atomic E-state index is -0.779. The summed E-state index contributed by atoms with van der Waals surface area (Å²) in [5, 5.41) is 8.93. The van der Waals surface area contributed by atoms with E-state index in [9.17, 15) is 8.78 Å². The molecule has 0 atom stereocenters. The lowest BCUT2D eigenvalue weighted by molar-refractivity contribution is 0.277. The molecule has 0 spiro atoms. The summed E-state index contributed by atoms with van der Waals surface area (Å²) < 4.78 is 32.3. The lowest BCUT2D eigenvalue weighted by Gasteiger charge is -2.03. The van der Waals surface area contributed by atoms with Gasteiger partial charge in [-0.05, 0) is 12.1 Å². The van der Waals surface area contributed by atoms with Gasteiger partial charge < -0.3 is 9.52 Å². The van der Waals surface area contributed by atoms with Crippen LogP contribution in [0.5, 0.6) is 0 Å². The second kappa shape index (κ2) is 4.31. The average Bonchev–Trinajstić information content (AvgIpc) is 2.64. The van der Waals surface area contributed by atoms with Crippen molar-refractivity contribution in [3.63, 3.8) is 0 Å². The fraction of sp³-hybridized carbons (Fsp3) is 0.100. The number of hydrogen-bond acceptors (Lipinski definition) is 3. The Morgan fingerprint density at radius 3 is 2.50 bits per heavy atom. The maximum Gasteiger partial charge on any atom is 0.181 e. The molecule has 1 N–H and O–H groups in total. The van der Waals surface area contributed by atoms with Crippen LogP contribution in [0.4, 0.5) is 8.78 Å². The minimum absolute atomic E-state index is 0.0926. The molecule has 1 aromatic carbocycles. The van der Waals surface area contributed by atoms with E-state index in [-0.39, 0.29) is 21.5 Å². The Hall–Kier alpha value is -1.27. The van der Waals surface area contributed by atoms with Crippen molar-refractivity contribution in [2.45, 2.75) is 6.61 Å². The molecule has 0 unspecified atom stereocenters. The van der Waals surface area contributed by atoms with Crippen LogP contribution >= 0.6 is 15.9 Å². The van der Waals surface area contributed by atoms with Gasteiger partial charge in [0.05, 0.1) is 12.2 Å². The third-order valence-electron chi connectivity index (χ3n) is 2.02. The van der Waals surface area contributed by atoms with E-state index in [2.05, 4.69) is 20.9 Å². The molecule has 0 amide bonds. The van der Waals surface area contributed by atoms with Crippen LogP contribution in [-0.4, -0.2) is 10.1 Å². The third kappa shape index (κ3) is 1.85. The standard InChI is InChI=1S/C10H6BrF2NO2/c11-5-1-6(12)9(7(13)2-5)10-8(3-15)14-4-16-10/h1-2,4,15H,3H2. The molecule has 0 aliphatic carbocycles. The van der Waals surface area contributed by atoms with Crippen molar-refractivity contribution in [3.8, 4) is 11.3 Å². The fourth-order valence-electron chi connectivity index (χ4n) is 1.34. The molecule has 1 heterocycles. The number of nitrogens with zero attached hydrogens (tertiary/aromatic N) is 1. The zero-order chi connectivity index (χ0) is 11.7. The van der Waals surface area contributed by atoms with Crippen molar-refractivity contribution >= 4 is 15.9 Å². The molecule has 1 aromatic heterocycles. The molecular weight excluding hydrogens is 284 g/mol. The summed E-state index contributed by atoms with van der Waals surface area (Å²) >= 11 is 2.97. The summed E-state index contributed by atoms with van der Waals surface area (Å²) in [6, 6.07) is 2.23. The molecule has 0 aliphatic heterocycles. The number of halogens is 3. The van der Waals surface area contributed by atoms with Gasteiger partial charge in [0.1, 0.15) is 17.3 Å². The Bertz CT molecular complexity index is 504. The minimum Gasteiger partial charge on any atom is -0.443 e. The van der Waals surface area contributed by atoms with Gasteiger partial charge in [0.25, 0.3) is 0 Å². The molecule has 6 heteroatoms. The van der Waals surface area contributed by atoms with E-state index in [1.54, 1.807) is 0 Å². The van der Waals surface area contributed by atoms with Crippen molar-refractivity contribution in [1.29, 1.82) is 0 Å². The van der Waals surface area contributed by atoms with Crippen LogP contribution in [0.15, 0.2) is 27.4 Å². The summed E-state index contributed by atoms with van der Waals surface area (Å²) in [7, 11) is 0. The number of aliphatic hydroxyl groups is 1. The van der Waals surface area contributed by atoms with E-state index in [0.29, 0.717) is 0 Å².